The Morgan fingerprint density at radius 1 is 0.419 bits per heavy atom. The Balaban J connectivity index is 0.000000145. The van der Waals surface area contributed by atoms with Gasteiger partial charge in [-0.3, -0.25) is 0 Å². The number of carboxylic acids is 1. The minimum Gasteiger partial charge on any atom is -0.550 e. The van der Waals surface area contributed by atoms with Crippen LogP contribution < -0.4 is 62.0 Å². The number of furan rings is 4. The molecular weight excluding hydrogens is 984 g/mol. The van der Waals surface area contributed by atoms with Gasteiger partial charge in [-0.1, -0.05) is 85.8 Å². The summed E-state index contributed by atoms with van der Waals surface area (Å²) in [5, 5.41) is 18.1. The number of hydrogen-bond donors (Lipinski definition) is 0. The first-order valence-corrected chi connectivity index (χ1v) is 24.6. The van der Waals surface area contributed by atoms with E-state index in [1.54, 1.807) is 0 Å². The fraction of sp³-hybridized carbons (Fsp3) is 0.351. The van der Waals surface area contributed by atoms with E-state index < -0.39 is 38.3 Å². The van der Waals surface area contributed by atoms with Crippen LogP contribution in [0.1, 0.15) is 97.4 Å². The zero-order valence-electron chi connectivity index (χ0n) is 43.9. The summed E-state index contributed by atoms with van der Waals surface area (Å²) in [5.41, 5.74) is 5.37. The zero-order valence-corrected chi connectivity index (χ0v) is 47.8. The molecule has 74 heavy (non-hydrogen) atoms. The third kappa shape index (κ3) is 9.70. The van der Waals surface area contributed by atoms with Crippen molar-refractivity contribution in [2.75, 3.05) is 0 Å². The van der Waals surface area contributed by atoms with Crippen molar-refractivity contribution >= 4 is 132 Å². The summed E-state index contributed by atoms with van der Waals surface area (Å²) < 4.78 is 60.7. The van der Waals surface area contributed by atoms with Gasteiger partial charge in [0, 0.05) is 54.5 Å². The first kappa shape index (κ1) is 56.1. The largest absolute Gasteiger partial charge is 1.00 e. The predicted molar refractivity (Wildman–Crippen MR) is 292 cm³/mol. The van der Waals surface area contributed by atoms with Crippen LogP contribution in [-0.2, 0) is 32.7 Å². The molecule has 10 aromatic rings. The minimum absolute atomic E-state index is 0. The fourth-order valence-electron chi connectivity index (χ4n) is 9.35. The van der Waals surface area contributed by atoms with Crippen LogP contribution in [0.25, 0.3) is 87.8 Å². The Labute approximate surface area is 479 Å². The van der Waals surface area contributed by atoms with Gasteiger partial charge < -0.3 is 55.5 Å². The molecule has 378 valence electrons. The van der Waals surface area contributed by atoms with Gasteiger partial charge in [0.1, 0.15) is 39.1 Å². The Morgan fingerprint density at radius 3 is 1.15 bits per heavy atom. The predicted octanol–water partition coefficient (Wildman–Crippen LogP) is 10.6. The summed E-state index contributed by atoms with van der Waals surface area (Å²) in [6, 6.07) is 36.0. The van der Waals surface area contributed by atoms with Crippen LogP contribution in [0, 0.1) is 0 Å². The summed E-state index contributed by atoms with van der Waals surface area (Å²) in [7, 11) is -1.42. The van der Waals surface area contributed by atoms with Crippen molar-refractivity contribution in [3.05, 3.63) is 114 Å². The number of carbonyl (C=O) groups is 1. The number of carbonyl (C=O) groups excluding carboxylic acids is 1. The van der Waals surface area contributed by atoms with E-state index in [4.69, 9.17) is 67.1 Å². The normalized spacial score (nSPS) is 18.8. The van der Waals surface area contributed by atoms with Gasteiger partial charge in [-0.2, -0.15) is 0 Å². The van der Waals surface area contributed by atoms with E-state index in [0.29, 0.717) is 5.02 Å². The average molecular weight is 1050 g/mol. The number of rotatable bonds is 2. The summed E-state index contributed by atoms with van der Waals surface area (Å²) in [6.07, 6.45) is 0. The van der Waals surface area contributed by atoms with Gasteiger partial charge in [0.05, 0.1) is 38.6 Å². The van der Waals surface area contributed by atoms with Crippen LogP contribution in [0.15, 0.2) is 127 Å². The molecule has 17 heteroatoms. The number of benzene rings is 6. The first-order chi connectivity index (χ1) is 33.8. The second kappa shape index (κ2) is 20.0. The molecule has 0 radical (unpaired) electrons. The number of para-hydroxylation sites is 4. The first-order valence-electron chi connectivity index (χ1n) is 24.2. The number of halogens is 1. The quantitative estimate of drug-likeness (QED) is 0.152. The van der Waals surface area contributed by atoms with Crippen molar-refractivity contribution in [1.82, 2.24) is 0 Å². The van der Waals surface area contributed by atoms with Crippen LogP contribution in [0.4, 0.5) is 0 Å². The molecule has 0 saturated carbocycles. The van der Waals surface area contributed by atoms with Crippen LogP contribution >= 0.6 is 11.6 Å². The second-order valence-corrected chi connectivity index (χ2v) is 22.1. The molecule has 0 atom stereocenters. The van der Waals surface area contributed by atoms with Crippen molar-refractivity contribution in [2.24, 2.45) is 0 Å². The van der Waals surface area contributed by atoms with Crippen molar-refractivity contribution in [3.8, 4) is 0 Å². The molecule has 6 aromatic carbocycles. The average Bonchev–Trinajstić information content (AvgIpc) is 4.15. The molecule has 3 saturated heterocycles. The van der Waals surface area contributed by atoms with Gasteiger partial charge in [-0.15, -0.1) is 0 Å². The molecule has 4 aromatic heterocycles. The maximum atomic E-state index is 8.89. The van der Waals surface area contributed by atoms with E-state index in [1.165, 1.54) is 0 Å². The third-order valence-corrected chi connectivity index (χ3v) is 15.6. The van der Waals surface area contributed by atoms with Crippen molar-refractivity contribution < 1.29 is 107 Å². The number of aliphatic carboxylic acids is 1. The standard InChI is InChI=1S/C24H21BO4.C18H9ClO2.C12H24B2O4.C2H4O2.CH4.K/c1-23(2)24(3,4)29-25(28-23)16-10-7-9-15-21-19(27-22(15)16)13-12-18-20(21)14-8-5-6-11-17(14)26-18;19-12-6-3-5-11-17-15(21-18(11)12)9-8-14-16(17)10-4-1-2-7-13(10)20-14;1-9(2)10(3,4)16-13(15-9)14-17-11(5,6)12(7,8)18-14;1-2(3)4;;/h5-13H,1-4H3;1-9H;1-8H3;1H3,(H,3,4);1H4;/q;;;;;+1/p-1. The topological polar surface area (TPSA) is 148 Å². The van der Waals surface area contributed by atoms with Crippen molar-refractivity contribution in [3.63, 3.8) is 0 Å². The monoisotopic (exact) mass is 1040 g/mol. The molecule has 13 rings (SSSR count). The Kier molecular flexibility index (Phi) is 15.2. The van der Waals surface area contributed by atoms with Crippen molar-refractivity contribution in [2.45, 2.75) is 131 Å². The molecule has 3 aliphatic heterocycles. The maximum absolute atomic E-state index is 8.89. The minimum atomic E-state index is -1.08. The van der Waals surface area contributed by atoms with Crippen molar-refractivity contribution in [1.29, 1.82) is 0 Å². The molecule has 7 heterocycles. The number of carboxylic acid groups (broad SMARTS) is 1. The van der Waals surface area contributed by atoms with Gasteiger partial charge in [0.2, 0.25) is 0 Å². The van der Waals surface area contributed by atoms with E-state index in [1.807, 2.05) is 146 Å². The Morgan fingerprint density at radius 2 is 0.730 bits per heavy atom. The number of hydrogen-bond acceptors (Lipinski definition) is 12. The molecular formula is C57H61B3ClKO12. The van der Waals surface area contributed by atoms with Crippen LogP contribution in [0.5, 0.6) is 0 Å². The molecule has 12 nitrogen and oxygen atoms in total. The summed E-state index contributed by atoms with van der Waals surface area (Å²) in [6.45, 7) is 25.4. The van der Waals surface area contributed by atoms with E-state index in [2.05, 4.69) is 45.9 Å². The van der Waals surface area contributed by atoms with Gasteiger partial charge >= 0.3 is 72.5 Å². The van der Waals surface area contributed by atoms with Gasteiger partial charge in [0.15, 0.2) is 5.58 Å². The zero-order chi connectivity index (χ0) is 51.5. The second-order valence-electron chi connectivity index (χ2n) is 21.7. The summed E-state index contributed by atoms with van der Waals surface area (Å²) >= 11 is 6.25. The van der Waals surface area contributed by atoms with E-state index in [9.17, 15) is 0 Å². The smallest absolute Gasteiger partial charge is 0.550 e. The molecule has 3 fully saturated rings. The third-order valence-electron chi connectivity index (χ3n) is 15.3. The molecule has 0 spiro atoms. The molecule has 0 aliphatic carbocycles. The van der Waals surface area contributed by atoms with Gasteiger partial charge in [0.25, 0.3) is 0 Å². The number of fused-ring (bicyclic) bond motifs is 14. The molecule has 3 aliphatic rings. The van der Waals surface area contributed by atoms with Gasteiger partial charge in [-0.05, 0) is 132 Å². The molecule has 0 bridgehead atoms. The maximum Gasteiger partial charge on any atom is 1.00 e. The van der Waals surface area contributed by atoms with E-state index in [-0.39, 0.29) is 81.2 Å². The molecule has 0 unspecified atom stereocenters. The summed E-state index contributed by atoms with van der Waals surface area (Å²) in [5.74, 6) is -1.08. The van der Waals surface area contributed by atoms with Crippen LogP contribution in [-0.4, -0.2) is 60.7 Å². The van der Waals surface area contributed by atoms with Crippen LogP contribution in [0.3, 0.4) is 0 Å². The fourth-order valence-corrected chi connectivity index (χ4v) is 9.56. The van der Waals surface area contributed by atoms with E-state index in [0.717, 1.165) is 100 Å². The molecule has 0 amide bonds. The molecule has 0 N–H and O–H groups in total. The van der Waals surface area contributed by atoms with Crippen LogP contribution in [0.2, 0.25) is 5.02 Å². The van der Waals surface area contributed by atoms with Gasteiger partial charge in [-0.25, -0.2) is 0 Å². The Bertz CT molecular complexity index is 3650. The Hall–Kier alpha value is -4.13. The SMILES string of the molecule is C.CC(=O)[O-].CC1(C)OB(B2OC(C)(C)C(C)(C)O2)OC1(C)C.CC1(C)OB(c2cccc3c2oc2ccc4oc5ccccc5c4c23)OC1(C)C.Clc1cccc2c1oc1ccc3oc4ccccc4c3c12.[K+]. The van der Waals surface area contributed by atoms with E-state index >= 15 is 0 Å². The summed E-state index contributed by atoms with van der Waals surface area (Å²) in [4.78, 5) is 8.89.